The van der Waals surface area contributed by atoms with Crippen molar-refractivity contribution in [2.75, 3.05) is 11.8 Å². The van der Waals surface area contributed by atoms with Crippen LogP contribution >= 0.6 is 11.3 Å². The van der Waals surface area contributed by atoms with Crippen molar-refractivity contribution in [1.29, 1.82) is 0 Å². The Morgan fingerprint density at radius 1 is 1.18 bits per heavy atom. The number of ether oxygens (including phenoxy) is 1. The van der Waals surface area contributed by atoms with E-state index >= 15 is 0 Å². The van der Waals surface area contributed by atoms with Crippen molar-refractivity contribution >= 4 is 27.0 Å². The van der Waals surface area contributed by atoms with Crippen LogP contribution in [-0.4, -0.2) is 15.5 Å². The number of benzene rings is 1. The van der Waals surface area contributed by atoms with Crippen molar-refractivity contribution < 1.29 is 26.3 Å². The van der Waals surface area contributed by atoms with Crippen molar-refractivity contribution in [3.63, 3.8) is 0 Å². The van der Waals surface area contributed by atoms with Crippen LogP contribution in [0.5, 0.6) is 5.75 Å². The molecule has 0 aliphatic heterocycles. The number of sulfonamides is 1. The first-order chi connectivity index (χ1) is 10.1. The van der Waals surface area contributed by atoms with Crippen LogP contribution in [0.25, 0.3) is 0 Å². The van der Waals surface area contributed by atoms with Gasteiger partial charge in [0.2, 0.25) is 0 Å². The van der Waals surface area contributed by atoms with Crippen LogP contribution in [-0.2, 0) is 16.2 Å². The smallest absolute Gasteiger partial charge is 0.416 e. The van der Waals surface area contributed by atoms with E-state index in [1.165, 1.54) is 19.2 Å². The Hall–Kier alpha value is -1.74. The predicted octanol–water partition coefficient (Wildman–Crippen LogP) is 3.88. The minimum absolute atomic E-state index is 0.0291. The number of nitrogens with one attached hydrogen (secondary N) is 1. The van der Waals surface area contributed by atoms with Gasteiger partial charge in [0.05, 0.1) is 18.4 Å². The normalized spacial score (nSPS) is 12.2. The lowest BCUT2D eigenvalue weighted by atomic mass is 10.2. The molecule has 0 fully saturated rings. The number of methoxy groups -OCH3 is 1. The maximum Gasteiger partial charge on any atom is 0.416 e. The van der Waals surface area contributed by atoms with Gasteiger partial charge < -0.3 is 4.74 Å². The van der Waals surface area contributed by atoms with E-state index in [1.54, 1.807) is 13.0 Å². The third kappa shape index (κ3) is 3.72. The van der Waals surface area contributed by atoms with Crippen LogP contribution in [0.15, 0.2) is 34.5 Å². The second-order valence-electron chi connectivity index (χ2n) is 4.42. The Morgan fingerprint density at radius 2 is 1.86 bits per heavy atom. The number of hydrogen-bond donors (Lipinski definition) is 1. The topological polar surface area (TPSA) is 55.4 Å². The summed E-state index contributed by atoms with van der Waals surface area (Å²) in [5.41, 5.74) is -1.20. The van der Waals surface area contributed by atoms with Gasteiger partial charge >= 0.3 is 6.18 Å². The molecule has 0 saturated heterocycles. The van der Waals surface area contributed by atoms with Gasteiger partial charge in [0.15, 0.2) is 0 Å². The lowest BCUT2D eigenvalue weighted by Crippen LogP contribution is -2.13. The zero-order valence-corrected chi connectivity index (χ0v) is 13.2. The molecule has 0 bridgehead atoms. The molecule has 0 spiro atoms. The minimum Gasteiger partial charge on any atom is -0.497 e. The molecule has 1 heterocycles. The molecule has 0 saturated carbocycles. The SMILES string of the molecule is COc1cc(NS(=O)(=O)c2ccc(C)s2)cc(C(F)(F)F)c1. The molecule has 0 unspecified atom stereocenters. The van der Waals surface area contributed by atoms with Gasteiger partial charge in [0.25, 0.3) is 10.0 Å². The third-order valence-electron chi connectivity index (χ3n) is 2.70. The van der Waals surface area contributed by atoms with Gasteiger partial charge in [-0.15, -0.1) is 11.3 Å². The van der Waals surface area contributed by atoms with E-state index in [1.807, 2.05) is 0 Å². The largest absolute Gasteiger partial charge is 0.497 e. The molecule has 9 heteroatoms. The van der Waals surface area contributed by atoms with E-state index in [4.69, 9.17) is 4.74 Å². The highest BCUT2D eigenvalue weighted by Gasteiger charge is 2.32. The van der Waals surface area contributed by atoms with E-state index in [2.05, 4.69) is 4.72 Å². The molecule has 0 aliphatic carbocycles. The van der Waals surface area contributed by atoms with Crippen LogP contribution in [0, 0.1) is 6.92 Å². The fraction of sp³-hybridized carbons (Fsp3) is 0.231. The van der Waals surface area contributed by atoms with Gasteiger partial charge in [-0.2, -0.15) is 13.2 Å². The Bertz CT molecular complexity index is 782. The first kappa shape index (κ1) is 16.6. The zero-order chi connectivity index (χ0) is 16.5. The monoisotopic (exact) mass is 351 g/mol. The highest BCUT2D eigenvalue weighted by molar-refractivity contribution is 7.94. The molecule has 2 aromatic rings. The van der Waals surface area contributed by atoms with E-state index in [-0.39, 0.29) is 15.6 Å². The average Bonchev–Trinajstić information content (AvgIpc) is 2.84. The first-order valence-electron chi connectivity index (χ1n) is 5.97. The third-order valence-corrected chi connectivity index (χ3v) is 5.58. The first-order valence-corrected chi connectivity index (χ1v) is 8.27. The number of anilines is 1. The Balaban J connectivity index is 2.41. The maximum absolute atomic E-state index is 12.8. The summed E-state index contributed by atoms with van der Waals surface area (Å²) in [6.45, 7) is 1.73. The van der Waals surface area contributed by atoms with E-state index < -0.39 is 21.8 Å². The number of hydrogen-bond acceptors (Lipinski definition) is 4. The average molecular weight is 351 g/mol. The molecule has 22 heavy (non-hydrogen) atoms. The molecule has 0 atom stereocenters. The fourth-order valence-corrected chi connectivity index (χ4v) is 4.03. The van der Waals surface area contributed by atoms with Crippen molar-refractivity contribution in [2.45, 2.75) is 17.3 Å². The summed E-state index contributed by atoms with van der Waals surface area (Å²) in [5.74, 6) is -0.0881. The van der Waals surface area contributed by atoms with Crippen molar-refractivity contribution in [3.05, 3.63) is 40.8 Å². The van der Waals surface area contributed by atoms with Gasteiger partial charge in [-0.1, -0.05) is 0 Å². The molecule has 1 aromatic carbocycles. The molecule has 4 nitrogen and oxygen atoms in total. The number of aryl methyl sites for hydroxylation is 1. The predicted molar refractivity (Wildman–Crippen MR) is 77.9 cm³/mol. The molecule has 0 amide bonds. The second-order valence-corrected chi connectivity index (χ2v) is 7.62. The molecule has 0 radical (unpaired) electrons. The molecule has 0 aliphatic rings. The van der Waals surface area contributed by atoms with E-state index in [0.717, 1.165) is 28.3 Å². The van der Waals surface area contributed by atoms with Gasteiger partial charge in [0.1, 0.15) is 9.96 Å². The van der Waals surface area contributed by atoms with Gasteiger partial charge in [-0.3, -0.25) is 4.72 Å². The van der Waals surface area contributed by atoms with Gasteiger partial charge in [-0.05, 0) is 31.2 Å². The molecule has 1 aromatic heterocycles. The van der Waals surface area contributed by atoms with Crippen LogP contribution in [0.4, 0.5) is 18.9 Å². The van der Waals surface area contributed by atoms with Crippen molar-refractivity contribution in [3.8, 4) is 5.75 Å². The summed E-state index contributed by atoms with van der Waals surface area (Å²) in [6, 6.07) is 5.72. The lowest BCUT2D eigenvalue weighted by molar-refractivity contribution is -0.137. The Labute approximate surface area is 129 Å². The summed E-state index contributed by atoms with van der Waals surface area (Å²) < 4.78 is 69.7. The summed E-state index contributed by atoms with van der Waals surface area (Å²) in [7, 11) is -2.73. The fourth-order valence-electron chi connectivity index (χ4n) is 1.70. The summed E-state index contributed by atoms with van der Waals surface area (Å²) in [5, 5.41) is 0. The van der Waals surface area contributed by atoms with Crippen LogP contribution in [0.2, 0.25) is 0 Å². The number of rotatable bonds is 4. The molecular weight excluding hydrogens is 339 g/mol. The van der Waals surface area contributed by atoms with Crippen LogP contribution in [0.1, 0.15) is 10.4 Å². The van der Waals surface area contributed by atoms with E-state index in [9.17, 15) is 21.6 Å². The quantitative estimate of drug-likeness (QED) is 0.909. The summed E-state index contributed by atoms with van der Waals surface area (Å²) in [4.78, 5) is 0.780. The van der Waals surface area contributed by atoms with Gasteiger partial charge in [-0.25, -0.2) is 8.42 Å². The molecule has 120 valence electrons. The summed E-state index contributed by atoms with van der Waals surface area (Å²) >= 11 is 1.03. The minimum atomic E-state index is -4.60. The number of alkyl halides is 3. The second kappa shape index (κ2) is 5.81. The lowest BCUT2D eigenvalue weighted by Gasteiger charge is -2.13. The molecule has 2 rings (SSSR count). The standard InChI is InChI=1S/C13H12F3NO3S2/c1-8-3-4-12(21-8)22(18,19)17-10-5-9(13(14,15)16)6-11(7-10)20-2/h3-7,17H,1-2H3. The Morgan fingerprint density at radius 3 is 2.36 bits per heavy atom. The summed E-state index contributed by atoms with van der Waals surface area (Å²) in [6.07, 6.45) is -4.60. The van der Waals surface area contributed by atoms with Gasteiger partial charge in [0, 0.05) is 10.9 Å². The van der Waals surface area contributed by atoms with Crippen LogP contribution < -0.4 is 9.46 Å². The maximum atomic E-state index is 12.8. The number of thiophene rings is 1. The van der Waals surface area contributed by atoms with Crippen LogP contribution in [0.3, 0.4) is 0 Å². The zero-order valence-electron chi connectivity index (χ0n) is 11.6. The van der Waals surface area contributed by atoms with E-state index in [0.29, 0.717) is 0 Å². The van der Waals surface area contributed by atoms with Crippen molar-refractivity contribution in [2.24, 2.45) is 0 Å². The highest BCUT2D eigenvalue weighted by Crippen LogP contribution is 2.35. The molecule has 1 N–H and O–H groups in total. The highest BCUT2D eigenvalue weighted by atomic mass is 32.2. The molecular formula is C13H12F3NO3S2. The number of halogens is 3. The Kier molecular flexibility index (Phi) is 4.39. The van der Waals surface area contributed by atoms with Crippen molar-refractivity contribution in [1.82, 2.24) is 0 Å².